The van der Waals surface area contributed by atoms with Crippen LogP contribution in [0.1, 0.15) is 0 Å². The minimum Gasteiger partial charge on any atom is -0.493 e. The van der Waals surface area contributed by atoms with E-state index in [1.807, 2.05) is 59.5 Å². The highest BCUT2D eigenvalue weighted by atomic mass is 16.5. The van der Waals surface area contributed by atoms with Gasteiger partial charge in [-0.3, -0.25) is 0 Å². The Labute approximate surface area is 160 Å². The SMILES string of the molecule is COc1ccc(-c2ccc3ncc(-c4cnc5[nH]ccc5c4)n3n2)cc1OC. The van der Waals surface area contributed by atoms with E-state index in [-0.39, 0.29) is 0 Å². The second-order valence-corrected chi connectivity index (χ2v) is 6.34. The standard InChI is InChI=1S/C21H17N5O2/c1-27-18-5-3-13(10-19(18)28-2)16-4-6-20-23-12-17(26(20)25-16)15-9-14-7-8-22-21(14)24-11-15/h3-12H,1-2H3,(H,22,24). The van der Waals surface area contributed by atoms with Gasteiger partial charge in [-0.25, -0.2) is 14.5 Å². The normalized spacial score (nSPS) is 11.2. The fourth-order valence-electron chi connectivity index (χ4n) is 3.30. The van der Waals surface area contributed by atoms with Gasteiger partial charge in [0.1, 0.15) is 5.65 Å². The Hall–Kier alpha value is -3.87. The van der Waals surface area contributed by atoms with Crippen LogP contribution in [0.15, 0.2) is 61.1 Å². The molecule has 4 heterocycles. The molecule has 0 bridgehead atoms. The number of pyridine rings is 1. The Balaban J connectivity index is 1.64. The number of ether oxygens (including phenoxy) is 2. The van der Waals surface area contributed by atoms with E-state index in [1.54, 1.807) is 14.2 Å². The van der Waals surface area contributed by atoms with E-state index >= 15 is 0 Å². The van der Waals surface area contributed by atoms with E-state index < -0.39 is 0 Å². The summed E-state index contributed by atoms with van der Waals surface area (Å²) in [5.41, 5.74) is 5.20. The first-order chi connectivity index (χ1) is 13.8. The highest BCUT2D eigenvalue weighted by molar-refractivity contribution is 5.81. The van der Waals surface area contributed by atoms with Crippen LogP contribution in [0, 0.1) is 0 Å². The molecule has 0 aliphatic carbocycles. The highest BCUT2D eigenvalue weighted by Gasteiger charge is 2.12. The van der Waals surface area contributed by atoms with Gasteiger partial charge < -0.3 is 14.5 Å². The molecule has 1 aromatic carbocycles. The van der Waals surface area contributed by atoms with Crippen molar-refractivity contribution in [2.24, 2.45) is 0 Å². The van der Waals surface area contributed by atoms with Crippen molar-refractivity contribution in [3.05, 3.63) is 61.1 Å². The minimum absolute atomic E-state index is 0.662. The average Bonchev–Trinajstić information content (AvgIpc) is 3.38. The van der Waals surface area contributed by atoms with Crippen molar-refractivity contribution in [2.45, 2.75) is 0 Å². The molecule has 0 amide bonds. The van der Waals surface area contributed by atoms with Gasteiger partial charge in [-0.15, -0.1) is 0 Å². The zero-order chi connectivity index (χ0) is 19.1. The first kappa shape index (κ1) is 16.3. The van der Waals surface area contributed by atoms with Crippen LogP contribution in [0.2, 0.25) is 0 Å². The predicted octanol–water partition coefficient (Wildman–Crippen LogP) is 3.96. The molecule has 7 nitrogen and oxygen atoms in total. The Morgan fingerprint density at radius 3 is 2.61 bits per heavy atom. The van der Waals surface area contributed by atoms with Gasteiger partial charge in [-0.2, -0.15) is 5.10 Å². The molecule has 0 unspecified atom stereocenters. The smallest absolute Gasteiger partial charge is 0.161 e. The van der Waals surface area contributed by atoms with Crippen molar-refractivity contribution in [1.29, 1.82) is 0 Å². The van der Waals surface area contributed by atoms with Crippen molar-refractivity contribution in [2.75, 3.05) is 14.2 Å². The monoisotopic (exact) mass is 371 g/mol. The molecule has 0 saturated carbocycles. The number of methoxy groups -OCH3 is 2. The molecule has 5 rings (SSSR count). The number of hydrogen-bond donors (Lipinski definition) is 1. The van der Waals surface area contributed by atoms with Gasteiger partial charge in [0.15, 0.2) is 17.1 Å². The van der Waals surface area contributed by atoms with Crippen molar-refractivity contribution in [1.82, 2.24) is 24.6 Å². The Bertz CT molecular complexity index is 1300. The molecule has 0 fully saturated rings. The molecular formula is C21H17N5O2. The molecule has 1 N–H and O–H groups in total. The van der Waals surface area contributed by atoms with Crippen LogP contribution < -0.4 is 9.47 Å². The van der Waals surface area contributed by atoms with Gasteiger partial charge in [0.2, 0.25) is 0 Å². The third-order valence-electron chi connectivity index (χ3n) is 4.74. The third-order valence-corrected chi connectivity index (χ3v) is 4.74. The van der Waals surface area contributed by atoms with Gasteiger partial charge in [-0.05, 0) is 42.5 Å². The number of aromatic amines is 1. The summed E-state index contributed by atoms with van der Waals surface area (Å²) in [6, 6.07) is 13.7. The second kappa shape index (κ2) is 6.38. The van der Waals surface area contributed by atoms with Crippen molar-refractivity contribution in [3.63, 3.8) is 0 Å². The Kier molecular flexibility index (Phi) is 3.72. The molecule has 28 heavy (non-hydrogen) atoms. The van der Waals surface area contributed by atoms with Crippen LogP contribution in [0.5, 0.6) is 11.5 Å². The number of fused-ring (bicyclic) bond motifs is 2. The lowest BCUT2D eigenvalue weighted by molar-refractivity contribution is 0.355. The molecular weight excluding hydrogens is 354 g/mol. The lowest BCUT2D eigenvalue weighted by Gasteiger charge is -2.10. The van der Waals surface area contributed by atoms with Crippen molar-refractivity contribution in [3.8, 4) is 34.0 Å². The van der Waals surface area contributed by atoms with Gasteiger partial charge in [0.05, 0.1) is 31.8 Å². The highest BCUT2D eigenvalue weighted by Crippen LogP contribution is 2.32. The summed E-state index contributed by atoms with van der Waals surface area (Å²) < 4.78 is 12.6. The van der Waals surface area contributed by atoms with Gasteiger partial charge in [0.25, 0.3) is 0 Å². The molecule has 0 atom stereocenters. The molecule has 4 aromatic heterocycles. The quantitative estimate of drug-likeness (QED) is 0.517. The number of aromatic nitrogens is 5. The van der Waals surface area contributed by atoms with E-state index in [2.05, 4.69) is 21.0 Å². The lowest BCUT2D eigenvalue weighted by atomic mass is 10.1. The number of nitrogens with one attached hydrogen (secondary N) is 1. The first-order valence-electron chi connectivity index (χ1n) is 8.77. The van der Waals surface area contributed by atoms with Crippen molar-refractivity contribution >= 4 is 16.7 Å². The number of rotatable bonds is 4. The summed E-state index contributed by atoms with van der Waals surface area (Å²) in [6.07, 6.45) is 5.52. The number of H-pyrrole nitrogens is 1. The predicted molar refractivity (Wildman–Crippen MR) is 107 cm³/mol. The summed E-state index contributed by atoms with van der Waals surface area (Å²) in [6.45, 7) is 0. The second-order valence-electron chi connectivity index (χ2n) is 6.34. The molecule has 0 spiro atoms. The van der Waals surface area contributed by atoms with Crippen LogP contribution in [-0.4, -0.2) is 38.8 Å². The van der Waals surface area contributed by atoms with Gasteiger partial charge in [0, 0.05) is 28.9 Å². The summed E-state index contributed by atoms with van der Waals surface area (Å²) >= 11 is 0. The Morgan fingerprint density at radius 2 is 1.75 bits per heavy atom. The number of nitrogens with zero attached hydrogens (tertiary/aromatic N) is 4. The maximum Gasteiger partial charge on any atom is 0.161 e. The number of imidazole rings is 1. The first-order valence-corrected chi connectivity index (χ1v) is 8.77. The number of benzene rings is 1. The zero-order valence-electron chi connectivity index (χ0n) is 15.4. The van der Waals surface area contributed by atoms with E-state index in [0.717, 1.165) is 39.2 Å². The summed E-state index contributed by atoms with van der Waals surface area (Å²) in [5.74, 6) is 1.34. The van der Waals surface area contributed by atoms with Gasteiger partial charge in [-0.1, -0.05) is 0 Å². The molecule has 5 aromatic rings. The molecule has 138 valence electrons. The summed E-state index contributed by atoms with van der Waals surface area (Å²) in [7, 11) is 3.24. The average molecular weight is 371 g/mol. The van der Waals surface area contributed by atoms with Crippen LogP contribution in [0.4, 0.5) is 0 Å². The fourth-order valence-corrected chi connectivity index (χ4v) is 3.30. The minimum atomic E-state index is 0.662. The van der Waals surface area contributed by atoms with Crippen LogP contribution in [0.25, 0.3) is 39.2 Å². The van der Waals surface area contributed by atoms with Crippen LogP contribution in [-0.2, 0) is 0 Å². The van der Waals surface area contributed by atoms with E-state index in [0.29, 0.717) is 11.5 Å². The zero-order valence-corrected chi connectivity index (χ0v) is 15.4. The number of hydrogen-bond acceptors (Lipinski definition) is 5. The van der Waals surface area contributed by atoms with Crippen LogP contribution in [0.3, 0.4) is 0 Å². The molecule has 0 saturated heterocycles. The van der Waals surface area contributed by atoms with E-state index in [1.165, 1.54) is 0 Å². The topological polar surface area (TPSA) is 77.3 Å². The van der Waals surface area contributed by atoms with E-state index in [4.69, 9.17) is 14.6 Å². The van der Waals surface area contributed by atoms with Crippen LogP contribution >= 0.6 is 0 Å². The lowest BCUT2D eigenvalue weighted by Crippen LogP contribution is -1.98. The van der Waals surface area contributed by atoms with Gasteiger partial charge >= 0.3 is 0 Å². The molecule has 0 aliphatic rings. The van der Waals surface area contributed by atoms with Crippen molar-refractivity contribution < 1.29 is 9.47 Å². The Morgan fingerprint density at radius 1 is 0.857 bits per heavy atom. The summed E-state index contributed by atoms with van der Waals surface area (Å²) in [5, 5.41) is 5.85. The van der Waals surface area contributed by atoms with E-state index in [9.17, 15) is 0 Å². The largest absolute Gasteiger partial charge is 0.493 e. The summed E-state index contributed by atoms with van der Waals surface area (Å²) in [4.78, 5) is 12.1. The molecule has 0 radical (unpaired) electrons. The molecule has 7 heteroatoms. The fraction of sp³-hybridized carbons (Fsp3) is 0.0952. The maximum absolute atomic E-state index is 5.41. The maximum atomic E-state index is 5.41. The molecule has 0 aliphatic heterocycles. The third kappa shape index (κ3) is 2.56.